The molecule has 18 heteroatoms. The second kappa shape index (κ2) is 80.2. The average Bonchev–Trinajstić information content (AvgIpc) is 0.907. The molecule has 0 aliphatic carbocycles. The van der Waals surface area contributed by atoms with Crippen LogP contribution in [0, 0.1) is 0 Å². The predicted molar refractivity (Wildman–Crippen MR) is 445 cm³/mol. The number of phosphoric ester groups is 2. The Balaban J connectivity index is 4.55. The Kier molecular flexibility index (Phi) is 76.2. The highest BCUT2D eigenvalue weighted by molar-refractivity contribution is 7.47. The highest BCUT2D eigenvalue weighted by atomic mass is 31.2. The van der Waals surface area contributed by atoms with E-state index in [9.17, 15) is 43.5 Å². The van der Waals surface area contributed by atoms with E-state index in [1.54, 1.807) is 0 Å². The van der Waals surface area contributed by atoms with Crippen molar-refractivity contribution in [1.82, 2.24) is 0 Å². The lowest BCUT2D eigenvalue weighted by Crippen LogP contribution is -2.30. The van der Waals surface area contributed by atoms with Crippen LogP contribution in [0.3, 0.4) is 0 Å². The van der Waals surface area contributed by atoms with E-state index in [1.807, 2.05) is 0 Å². The van der Waals surface area contributed by atoms with Crippen LogP contribution in [0.5, 0.6) is 0 Å². The van der Waals surface area contributed by atoms with Crippen LogP contribution in [-0.2, 0) is 55.8 Å². The fourth-order valence-corrected chi connectivity index (χ4v) is 12.1. The highest BCUT2D eigenvalue weighted by Gasteiger charge is 2.29. The minimum Gasteiger partial charge on any atom is -0.463 e. The molecule has 5 atom stereocenters. The minimum absolute atomic E-state index is 0.0512. The standard InChI is InChI=1S/C89H146O16P2/c1-4-7-10-13-16-19-22-25-28-31-34-35-36-37-38-39-40-41-42-43-44-45-46-47-50-52-54-57-60-63-66-69-72-75-87(92)99-78-84(90)79-101-106(95,96)102-80-85(91)81-103-107(97,98)104-83-86(105-89(94)77-74-71-68-65-62-59-56-53-49-33-30-27-24-21-18-15-12-9-6-3)82-100-88(93)76-73-70-67-64-61-58-55-51-48-32-29-26-23-20-17-14-11-8-5-2/h7-12,16-21,25-30,34-35,37-38,48-49,51,53,58-59,61-62,84-86,90-91H,4-6,13-15,22-24,31-33,36,39-47,50,52,54-57,60,63-83H2,1-3H3,(H,95,96)(H,97,98)/b10-7-,11-8-,12-9-,19-16-,20-17-,21-18-,28-25-,29-26-,30-27-,35-34-,38-37-,51-48-,53-49-,61-58-,62-59-. The van der Waals surface area contributed by atoms with Gasteiger partial charge >= 0.3 is 33.6 Å². The molecule has 0 fully saturated rings. The van der Waals surface area contributed by atoms with E-state index in [4.69, 9.17) is 32.3 Å². The van der Waals surface area contributed by atoms with Crippen molar-refractivity contribution < 1.29 is 75.8 Å². The number of aliphatic hydroxyl groups excluding tert-OH is 2. The molecule has 0 aromatic heterocycles. The molecular weight excluding hydrogens is 1390 g/mol. The first-order chi connectivity index (χ1) is 52.2. The lowest BCUT2D eigenvalue weighted by molar-refractivity contribution is -0.161. The van der Waals surface area contributed by atoms with Gasteiger partial charge in [0.1, 0.15) is 25.4 Å². The van der Waals surface area contributed by atoms with Gasteiger partial charge in [-0.1, -0.05) is 312 Å². The number of phosphoric acid groups is 2. The molecule has 0 heterocycles. The zero-order valence-electron chi connectivity index (χ0n) is 66.5. The molecule has 0 aliphatic rings. The summed E-state index contributed by atoms with van der Waals surface area (Å²) in [5.74, 6) is -1.66. The number of esters is 3. The van der Waals surface area contributed by atoms with Crippen LogP contribution in [0.2, 0.25) is 0 Å². The van der Waals surface area contributed by atoms with Crippen LogP contribution in [0.4, 0.5) is 0 Å². The first-order valence-electron chi connectivity index (χ1n) is 41.1. The van der Waals surface area contributed by atoms with E-state index < -0.39 is 91.5 Å². The van der Waals surface area contributed by atoms with E-state index in [0.29, 0.717) is 19.3 Å². The average molecular weight is 1530 g/mol. The van der Waals surface area contributed by atoms with Crippen molar-refractivity contribution in [3.05, 3.63) is 182 Å². The summed E-state index contributed by atoms with van der Waals surface area (Å²) in [6.07, 6.45) is 104. The van der Waals surface area contributed by atoms with Gasteiger partial charge in [-0.15, -0.1) is 0 Å². The molecule has 107 heavy (non-hydrogen) atoms. The van der Waals surface area contributed by atoms with Gasteiger partial charge in [-0.05, 0) is 154 Å². The summed E-state index contributed by atoms with van der Waals surface area (Å²) in [7, 11) is -9.83. The lowest BCUT2D eigenvalue weighted by atomic mass is 10.0. The molecule has 0 saturated heterocycles. The second-order valence-electron chi connectivity index (χ2n) is 26.8. The van der Waals surface area contributed by atoms with Crippen LogP contribution in [0.15, 0.2) is 182 Å². The summed E-state index contributed by atoms with van der Waals surface area (Å²) in [6.45, 7) is 2.25. The topological polar surface area (TPSA) is 231 Å². The van der Waals surface area contributed by atoms with E-state index in [0.717, 1.165) is 154 Å². The number of carbonyl (C=O) groups excluding carboxylic acids is 3. The Morgan fingerprint density at radius 3 is 0.748 bits per heavy atom. The molecule has 16 nitrogen and oxygen atoms in total. The maximum absolute atomic E-state index is 13.0. The van der Waals surface area contributed by atoms with Gasteiger partial charge in [-0.3, -0.25) is 32.5 Å². The van der Waals surface area contributed by atoms with Crippen LogP contribution in [0.1, 0.15) is 303 Å². The largest absolute Gasteiger partial charge is 0.472 e. The quantitative estimate of drug-likeness (QED) is 0.0146. The third-order valence-electron chi connectivity index (χ3n) is 16.6. The van der Waals surface area contributed by atoms with Gasteiger partial charge in [-0.2, -0.15) is 0 Å². The van der Waals surface area contributed by atoms with E-state index in [2.05, 4.69) is 203 Å². The third kappa shape index (κ3) is 81.5. The van der Waals surface area contributed by atoms with Crippen LogP contribution in [0.25, 0.3) is 0 Å². The number of allylic oxidation sites excluding steroid dienone is 30. The molecule has 0 spiro atoms. The monoisotopic (exact) mass is 1530 g/mol. The molecule has 5 unspecified atom stereocenters. The lowest BCUT2D eigenvalue weighted by Gasteiger charge is -2.21. The van der Waals surface area contributed by atoms with Crippen molar-refractivity contribution >= 4 is 33.6 Å². The van der Waals surface area contributed by atoms with Gasteiger partial charge in [0.15, 0.2) is 6.10 Å². The summed E-state index contributed by atoms with van der Waals surface area (Å²) in [5.41, 5.74) is 0. The number of hydrogen-bond donors (Lipinski definition) is 4. The van der Waals surface area contributed by atoms with Crippen molar-refractivity contribution in [2.24, 2.45) is 0 Å². The fraction of sp³-hybridized carbons (Fsp3) is 0.629. The maximum atomic E-state index is 13.0. The summed E-state index contributed by atoms with van der Waals surface area (Å²) >= 11 is 0. The van der Waals surface area contributed by atoms with E-state index in [-0.39, 0.29) is 19.3 Å². The molecule has 0 bridgehead atoms. The molecule has 0 aromatic carbocycles. The minimum atomic E-state index is -4.96. The summed E-state index contributed by atoms with van der Waals surface area (Å²) in [4.78, 5) is 58.7. The van der Waals surface area contributed by atoms with Gasteiger partial charge in [-0.25, -0.2) is 9.13 Å². The predicted octanol–water partition coefficient (Wildman–Crippen LogP) is 24.5. The summed E-state index contributed by atoms with van der Waals surface area (Å²) in [6, 6.07) is 0. The third-order valence-corrected chi connectivity index (χ3v) is 18.5. The fourth-order valence-electron chi connectivity index (χ4n) is 10.5. The SMILES string of the molecule is CC/C=C\C/C=C\C/C=C\C/C=C\C/C=C\CCCCCCCCCCCCCCCCCCCC(=O)OCC(O)COP(=O)(O)OCC(O)COP(=O)(O)OCC(COC(=O)CCCCC/C=C\C/C=C\C/C=C\C/C=C\C/C=C\CC)OC(=O)CCCCC/C=C\C/C=C\C/C=C\C/C=C\C/C=C\CC. The number of hydrogen-bond acceptors (Lipinski definition) is 14. The number of aliphatic hydroxyl groups is 2. The number of unbranched alkanes of at least 4 members (excludes halogenated alkanes) is 23. The number of carbonyl (C=O) groups is 3. The Morgan fingerprint density at radius 1 is 0.262 bits per heavy atom. The van der Waals surface area contributed by atoms with Crippen LogP contribution < -0.4 is 0 Å². The molecule has 0 radical (unpaired) electrons. The summed E-state index contributed by atoms with van der Waals surface area (Å²) in [5, 5.41) is 20.7. The van der Waals surface area contributed by atoms with Gasteiger partial charge in [0, 0.05) is 19.3 Å². The molecule has 0 aliphatic heterocycles. The van der Waals surface area contributed by atoms with E-state index in [1.165, 1.54) is 89.9 Å². The highest BCUT2D eigenvalue weighted by Crippen LogP contribution is 2.45. The van der Waals surface area contributed by atoms with Crippen LogP contribution >= 0.6 is 15.6 Å². The molecular formula is C89H146O16P2. The molecule has 4 N–H and O–H groups in total. The van der Waals surface area contributed by atoms with Gasteiger partial charge < -0.3 is 34.2 Å². The molecule has 0 rings (SSSR count). The zero-order valence-corrected chi connectivity index (χ0v) is 68.3. The number of rotatable bonds is 76. The Morgan fingerprint density at radius 2 is 0.467 bits per heavy atom. The van der Waals surface area contributed by atoms with Crippen molar-refractivity contribution in [3.63, 3.8) is 0 Å². The van der Waals surface area contributed by atoms with Crippen molar-refractivity contribution in [3.8, 4) is 0 Å². The van der Waals surface area contributed by atoms with Crippen molar-refractivity contribution in [1.29, 1.82) is 0 Å². The normalized spacial score (nSPS) is 14.9. The molecule has 0 amide bonds. The second-order valence-corrected chi connectivity index (χ2v) is 29.7. The smallest absolute Gasteiger partial charge is 0.463 e. The van der Waals surface area contributed by atoms with Gasteiger partial charge in [0.05, 0.1) is 26.4 Å². The van der Waals surface area contributed by atoms with Crippen molar-refractivity contribution in [2.75, 3.05) is 39.6 Å². The maximum Gasteiger partial charge on any atom is 0.472 e. The molecule has 608 valence electrons. The van der Waals surface area contributed by atoms with Gasteiger partial charge in [0.2, 0.25) is 0 Å². The Bertz CT molecular complexity index is 2670. The molecule has 0 aromatic rings. The Hall–Kier alpha value is -5.35. The Labute approximate surface area is 649 Å². The zero-order chi connectivity index (χ0) is 78.0. The van der Waals surface area contributed by atoms with Gasteiger partial charge in [0.25, 0.3) is 0 Å². The summed E-state index contributed by atoms with van der Waals surface area (Å²) < 4.78 is 61.1. The van der Waals surface area contributed by atoms with Crippen LogP contribution in [-0.4, -0.2) is 95.9 Å². The number of ether oxygens (including phenoxy) is 3. The van der Waals surface area contributed by atoms with E-state index >= 15 is 0 Å². The first kappa shape index (κ1) is 102. The van der Waals surface area contributed by atoms with Crippen molar-refractivity contribution in [2.45, 2.75) is 322 Å². The first-order valence-corrected chi connectivity index (χ1v) is 44.1. The molecule has 0 saturated carbocycles.